The Morgan fingerprint density at radius 3 is 2.53 bits per heavy atom. The van der Waals surface area contributed by atoms with E-state index < -0.39 is 0 Å². The lowest BCUT2D eigenvalue weighted by molar-refractivity contribution is 0.448. The van der Waals surface area contributed by atoms with Crippen LogP contribution in [0, 0.1) is 0 Å². The van der Waals surface area contributed by atoms with E-state index in [2.05, 4.69) is 13.8 Å². The Hall–Kier alpha value is -1.05. The Morgan fingerprint density at radius 2 is 1.87 bits per heavy atom. The van der Waals surface area contributed by atoms with Gasteiger partial charge in [0.05, 0.1) is 0 Å². The molecule has 0 unspecified atom stereocenters. The Balaban J connectivity index is 2.66. The van der Waals surface area contributed by atoms with Crippen LogP contribution in [0.3, 0.4) is 0 Å². The smallest absolute Gasteiger partial charge is 0.336 e. The third kappa shape index (κ3) is 4.32. The normalized spacial score (nSPS) is 10.5. The monoisotopic (exact) mass is 208 g/mol. The highest BCUT2D eigenvalue weighted by molar-refractivity contribution is 5.14. The first-order valence-corrected chi connectivity index (χ1v) is 5.89. The van der Waals surface area contributed by atoms with Gasteiger partial charge in [-0.1, -0.05) is 33.1 Å². The largest absolute Gasteiger partial charge is 0.428 e. The average Bonchev–Trinajstić information content (AvgIpc) is 2.18. The maximum atomic E-state index is 11.3. The second-order valence-corrected chi connectivity index (χ2v) is 3.96. The van der Waals surface area contributed by atoms with Crippen molar-refractivity contribution in [3.05, 3.63) is 33.9 Å². The summed E-state index contributed by atoms with van der Waals surface area (Å²) in [7, 11) is 0. The molecule has 1 heterocycles. The number of aryl methyl sites for hydroxylation is 2. The number of hydrogen-bond donors (Lipinski definition) is 0. The number of hydrogen-bond acceptors (Lipinski definition) is 2. The zero-order valence-corrected chi connectivity index (χ0v) is 9.71. The first-order chi connectivity index (χ1) is 7.26. The Labute approximate surface area is 91.3 Å². The molecular formula is C13H20O2. The predicted molar refractivity (Wildman–Crippen MR) is 62.2 cm³/mol. The molecular weight excluding hydrogens is 188 g/mol. The van der Waals surface area contributed by atoms with E-state index in [1.165, 1.54) is 12.8 Å². The van der Waals surface area contributed by atoms with E-state index >= 15 is 0 Å². The summed E-state index contributed by atoms with van der Waals surface area (Å²) in [6.07, 6.45) is 6.42. The van der Waals surface area contributed by atoms with E-state index in [0.29, 0.717) is 0 Å². The van der Waals surface area contributed by atoms with E-state index in [9.17, 15) is 4.79 Å². The molecule has 2 heteroatoms. The third-order valence-corrected chi connectivity index (χ3v) is 2.45. The molecule has 0 spiro atoms. The molecule has 1 aromatic heterocycles. The van der Waals surface area contributed by atoms with E-state index in [4.69, 9.17) is 4.42 Å². The zero-order chi connectivity index (χ0) is 11.1. The van der Waals surface area contributed by atoms with Gasteiger partial charge < -0.3 is 4.42 Å². The van der Waals surface area contributed by atoms with Crippen molar-refractivity contribution in [1.29, 1.82) is 0 Å². The van der Waals surface area contributed by atoms with Crippen molar-refractivity contribution in [2.24, 2.45) is 0 Å². The third-order valence-electron chi connectivity index (χ3n) is 2.45. The summed E-state index contributed by atoms with van der Waals surface area (Å²) in [5.41, 5.74) is 0.910. The summed E-state index contributed by atoms with van der Waals surface area (Å²) in [6, 6.07) is 3.63. The molecule has 1 rings (SSSR count). The minimum Gasteiger partial charge on any atom is -0.428 e. The minimum absolute atomic E-state index is 0.201. The summed E-state index contributed by atoms with van der Waals surface area (Å²) in [6.45, 7) is 4.29. The molecule has 15 heavy (non-hydrogen) atoms. The molecule has 0 N–H and O–H groups in total. The standard InChI is InChI=1S/C13H20O2/c1-3-5-6-8-12-9-11(7-4-2)10-13(14)15-12/h9-10H,3-8H2,1-2H3. The van der Waals surface area contributed by atoms with Gasteiger partial charge in [-0.15, -0.1) is 0 Å². The van der Waals surface area contributed by atoms with E-state index in [1.807, 2.05) is 6.07 Å². The summed E-state index contributed by atoms with van der Waals surface area (Å²) < 4.78 is 5.16. The van der Waals surface area contributed by atoms with Crippen LogP contribution in [-0.2, 0) is 12.8 Å². The zero-order valence-electron chi connectivity index (χ0n) is 9.71. The molecule has 0 bridgehead atoms. The molecule has 0 aliphatic rings. The van der Waals surface area contributed by atoms with Crippen LogP contribution in [0.25, 0.3) is 0 Å². The van der Waals surface area contributed by atoms with Gasteiger partial charge in [0.2, 0.25) is 0 Å². The lowest BCUT2D eigenvalue weighted by Gasteiger charge is -2.02. The Kier molecular flexibility index (Phi) is 5.16. The van der Waals surface area contributed by atoms with Crippen molar-refractivity contribution >= 4 is 0 Å². The average molecular weight is 208 g/mol. The summed E-state index contributed by atoms with van der Waals surface area (Å²) >= 11 is 0. The molecule has 1 aromatic rings. The predicted octanol–water partition coefficient (Wildman–Crippen LogP) is 3.33. The molecule has 0 fully saturated rings. The van der Waals surface area contributed by atoms with Gasteiger partial charge in [-0.2, -0.15) is 0 Å². The fourth-order valence-electron chi connectivity index (χ4n) is 1.69. The van der Waals surface area contributed by atoms with Crippen molar-refractivity contribution in [3.8, 4) is 0 Å². The quantitative estimate of drug-likeness (QED) is 0.671. The van der Waals surface area contributed by atoms with Gasteiger partial charge in [-0.25, -0.2) is 4.79 Å². The van der Waals surface area contributed by atoms with Gasteiger partial charge in [0, 0.05) is 12.5 Å². The van der Waals surface area contributed by atoms with Crippen molar-refractivity contribution < 1.29 is 4.42 Å². The van der Waals surface area contributed by atoms with Crippen LogP contribution in [0.5, 0.6) is 0 Å². The maximum absolute atomic E-state index is 11.3. The summed E-state index contributed by atoms with van der Waals surface area (Å²) in [4.78, 5) is 11.3. The van der Waals surface area contributed by atoms with Gasteiger partial charge in [-0.05, 0) is 24.5 Å². The highest BCUT2D eigenvalue weighted by atomic mass is 16.4. The van der Waals surface area contributed by atoms with Gasteiger partial charge in [0.1, 0.15) is 5.76 Å². The SMILES string of the molecule is CCCCCc1cc(CCC)cc(=O)o1. The molecule has 2 nitrogen and oxygen atoms in total. The lowest BCUT2D eigenvalue weighted by atomic mass is 10.1. The van der Waals surface area contributed by atoms with Crippen LogP contribution in [0.1, 0.15) is 50.9 Å². The molecule has 0 saturated heterocycles. The van der Waals surface area contributed by atoms with E-state index in [-0.39, 0.29) is 5.63 Å². The molecule has 0 amide bonds. The molecule has 0 atom stereocenters. The Morgan fingerprint density at radius 1 is 1.07 bits per heavy atom. The first-order valence-electron chi connectivity index (χ1n) is 5.89. The van der Waals surface area contributed by atoms with Crippen LogP contribution < -0.4 is 5.63 Å². The fraction of sp³-hybridized carbons (Fsp3) is 0.615. The summed E-state index contributed by atoms with van der Waals surface area (Å²) in [5.74, 6) is 0.847. The van der Waals surface area contributed by atoms with Gasteiger partial charge in [0.25, 0.3) is 0 Å². The maximum Gasteiger partial charge on any atom is 0.336 e. The highest BCUT2D eigenvalue weighted by Crippen LogP contribution is 2.08. The highest BCUT2D eigenvalue weighted by Gasteiger charge is 2.01. The van der Waals surface area contributed by atoms with Gasteiger partial charge in [-0.3, -0.25) is 0 Å². The minimum atomic E-state index is -0.201. The van der Waals surface area contributed by atoms with Crippen LogP contribution in [0.4, 0.5) is 0 Å². The number of rotatable bonds is 6. The molecule has 0 saturated carbocycles. The van der Waals surface area contributed by atoms with Crippen molar-refractivity contribution in [3.63, 3.8) is 0 Å². The van der Waals surface area contributed by atoms with Gasteiger partial charge in [0.15, 0.2) is 0 Å². The van der Waals surface area contributed by atoms with E-state index in [0.717, 1.165) is 37.0 Å². The first kappa shape index (κ1) is 12.0. The van der Waals surface area contributed by atoms with Crippen molar-refractivity contribution in [1.82, 2.24) is 0 Å². The lowest BCUT2D eigenvalue weighted by Crippen LogP contribution is -2.02. The van der Waals surface area contributed by atoms with Crippen molar-refractivity contribution in [2.45, 2.75) is 52.4 Å². The van der Waals surface area contributed by atoms with Crippen molar-refractivity contribution in [2.75, 3.05) is 0 Å². The van der Waals surface area contributed by atoms with Crippen LogP contribution >= 0.6 is 0 Å². The number of unbranched alkanes of at least 4 members (excludes halogenated alkanes) is 2. The molecule has 0 aromatic carbocycles. The molecule has 84 valence electrons. The molecule has 0 aliphatic carbocycles. The second kappa shape index (κ2) is 6.44. The van der Waals surface area contributed by atoms with Crippen LogP contribution in [0.2, 0.25) is 0 Å². The fourth-order valence-corrected chi connectivity index (χ4v) is 1.69. The van der Waals surface area contributed by atoms with E-state index in [1.54, 1.807) is 6.07 Å². The second-order valence-electron chi connectivity index (χ2n) is 3.96. The topological polar surface area (TPSA) is 30.2 Å². The van der Waals surface area contributed by atoms with Gasteiger partial charge >= 0.3 is 5.63 Å². The molecule has 0 aliphatic heterocycles. The van der Waals surface area contributed by atoms with Crippen LogP contribution in [0.15, 0.2) is 21.3 Å². The Bertz CT molecular complexity index is 339. The van der Waals surface area contributed by atoms with Crippen LogP contribution in [-0.4, -0.2) is 0 Å². The summed E-state index contributed by atoms with van der Waals surface area (Å²) in [5, 5.41) is 0. The molecule has 0 radical (unpaired) electrons.